The highest BCUT2D eigenvalue weighted by Gasteiger charge is 2.21. The highest BCUT2D eigenvalue weighted by atomic mass is 35.5. The first-order valence-electron chi connectivity index (χ1n) is 7.41. The van der Waals surface area contributed by atoms with Gasteiger partial charge in [0, 0.05) is 17.5 Å². The summed E-state index contributed by atoms with van der Waals surface area (Å²) in [4.78, 5) is 16.4. The van der Waals surface area contributed by atoms with Gasteiger partial charge in [-0.1, -0.05) is 23.7 Å². The number of benzene rings is 1. The van der Waals surface area contributed by atoms with Crippen LogP contribution in [0.5, 0.6) is 0 Å². The smallest absolute Gasteiger partial charge is 0.273 e. The zero-order valence-electron chi connectivity index (χ0n) is 12.1. The molecule has 22 heavy (non-hydrogen) atoms. The minimum absolute atomic E-state index is 0.223. The highest BCUT2D eigenvalue weighted by Crippen LogP contribution is 2.24. The number of piperidine rings is 1. The number of nitrogens with zero attached hydrogens (tertiary/aromatic N) is 1. The molecule has 1 aliphatic heterocycles. The lowest BCUT2D eigenvalue weighted by Gasteiger charge is -2.19. The second-order valence-corrected chi connectivity index (χ2v) is 5.84. The molecule has 6 heteroatoms. The van der Waals surface area contributed by atoms with Gasteiger partial charge in [0.05, 0.1) is 0 Å². The van der Waals surface area contributed by atoms with Gasteiger partial charge in [0.15, 0.2) is 11.6 Å². The van der Waals surface area contributed by atoms with Crippen LogP contribution in [0.2, 0.25) is 5.02 Å². The third-order valence-corrected chi connectivity index (χ3v) is 4.06. The highest BCUT2D eigenvalue weighted by molar-refractivity contribution is 6.30. The number of hydrogen-bond acceptors (Lipinski definition) is 4. The van der Waals surface area contributed by atoms with Crippen molar-refractivity contribution in [3.63, 3.8) is 0 Å². The molecule has 116 valence electrons. The summed E-state index contributed by atoms with van der Waals surface area (Å²) >= 11 is 5.83. The molecular weight excluding hydrogens is 302 g/mol. The van der Waals surface area contributed by atoms with Gasteiger partial charge >= 0.3 is 0 Å². The second kappa shape index (κ2) is 6.94. The van der Waals surface area contributed by atoms with Crippen molar-refractivity contribution in [3.8, 4) is 0 Å². The van der Waals surface area contributed by atoms with Crippen LogP contribution in [0.25, 0.3) is 0 Å². The van der Waals surface area contributed by atoms with Crippen molar-refractivity contribution in [1.82, 2.24) is 15.6 Å². The molecule has 1 saturated heterocycles. The minimum atomic E-state index is -0.223. The van der Waals surface area contributed by atoms with E-state index in [0.29, 0.717) is 29.1 Å². The van der Waals surface area contributed by atoms with E-state index in [1.165, 1.54) is 6.26 Å². The number of halogens is 1. The molecular formula is C16H18ClN3O2. The summed E-state index contributed by atoms with van der Waals surface area (Å²) < 4.78 is 5.48. The van der Waals surface area contributed by atoms with Crippen molar-refractivity contribution >= 4 is 17.5 Å². The van der Waals surface area contributed by atoms with Gasteiger partial charge in [-0.15, -0.1) is 0 Å². The minimum Gasteiger partial charge on any atom is -0.448 e. The van der Waals surface area contributed by atoms with Gasteiger partial charge in [0.1, 0.15) is 6.26 Å². The van der Waals surface area contributed by atoms with E-state index in [4.69, 9.17) is 16.0 Å². The van der Waals surface area contributed by atoms with Crippen molar-refractivity contribution < 1.29 is 9.21 Å². The molecule has 1 fully saturated rings. The number of hydrogen-bond donors (Lipinski definition) is 2. The van der Waals surface area contributed by atoms with Crippen molar-refractivity contribution in [3.05, 3.63) is 52.7 Å². The third kappa shape index (κ3) is 3.67. The Hall–Kier alpha value is -1.85. The van der Waals surface area contributed by atoms with Gasteiger partial charge in [0.25, 0.3) is 5.91 Å². The van der Waals surface area contributed by atoms with Crippen LogP contribution in [0, 0.1) is 0 Å². The van der Waals surface area contributed by atoms with E-state index in [9.17, 15) is 4.79 Å². The summed E-state index contributed by atoms with van der Waals surface area (Å²) in [5, 5.41) is 6.81. The molecule has 0 aliphatic carbocycles. The molecule has 2 heterocycles. The lowest BCUT2D eigenvalue weighted by atomic mass is 9.98. The first-order chi connectivity index (χ1) is 10.7. The summed E-state index contributed by atoms with van der Waals surface area (Å²) in [6.45, 7) is 2.36. The molecule has 5 nitrogen and oxygen atoms in total. The molecule has 3 rings (SSSR count). The van der Waals surface area contributed by atoms with Gasteiger partial charge in [-0.3, -0.25) is 4.79 Å². The average molecular weight is 320 g/mol. The fourth-order valence-electron chi connectivity index (χ4n) is 2.52. The van der Waals surface area contributed by atoms with E-state index in [0.717, 1.165) is 31.5 Å². The zero-order chi connectivity index (χ0) is 15.4. The van der Waals surface area contributed by atoms with E-state index in [2.05, 4.69) is 15.6 Å². The van der Waals surface area contributed by atoms with Crippen LogP contribution in [-0.4, -0.2) is 24.0 Å². The average Bonchev–Trinajstić information content (AvgIpc) is 3.05. The number of aromatic nitrogens is 1. The SMILES string of the molecule is O=C(NCc1ccc(Cl)cc1)c1coc(C2CCNCC2)n1. The number of nitrogens with one attached hydrogen (secondary N) is 2. The van der Waals surface area contributed by atoms with Gasteiger partial charge in [-0.05, 0) is 43.6 Å². The summed E-state index contributed by atoms with van der Waals surface area (Å²) in [5.41, 5.74) is 1.32. The monoisotopic (exact) mass is 319 g/mol. The lowest BCUT2D eigenvalue weighted by molar-refractivity contribution is 0.0946. The maximum Gasteiger partial charge on any atom is 0.273 e. The zero-order valence-corrected chi connectivity index (χ0v) is 12.9. The van der Waals surface area contributed by atoms with Crippen LogP contribution in [0.15, 0.2) is 34.9 Å². The van der Waals surface area contributed by atoms with E-state index >= 15 is 0 Å². The van der Waals surface area contributed by atoms with E-state index in [1.54, 1.807) is 12.1 Å². The first kappa shape index (κ1) is 15.1. The van der Waals surface area contributed by atoms with Gasteiger partial charge in [-0.25, -0.2) is 4.98 Å². The van der Waals surface area contributed by atoms with Crippen LogP contribution in [0.3, 0.4) is 0 Å². The fourth-order valence-corrected chi connectivity index (χ4v) is 2.65. The Morgan fingerprint density at radius 3 is 2.77 bits per heavy atom. The predicted molar refractivity (Wildman–Crippen MR) is 84.0 cm³/mol. The standard InChI is InChI=1S/C16H18ClN3O2/c17-13-3-1-11(2-4-13)9-19-15(21)14-10-22-16(20-14)12-5-7-18-8-6-12/h1-4,10,12,18H,5-9H2,(H,19,21). The molecule has 0 atom stereocenters. The summed E-state index contributed by atoms with van der Waals surface area (Å²) in [5.74, 6) is 0.746. The Balaban J connectivity index is 1.58. The molecule has 2 aromatic rings. The van der Waals surface area contributed by atoms with Crippen molar-refractivity contribution in [1.29, 1.82) is 0 Å². The van der Waals surface area contributed by atoms with Crippen LogP contribution >= 0.6 is 11.6 Å². The molecule has 0 radical (unpaired) electrons. The number of rotatable bonds is 4. The fraction of sp³-hybridized carbons (Fsp3) is 0.375. The maximum absolute atomic E-state index is 12.1. The molecule has 0 saturated carbocycles. The summed E-state index contributed by atoms with van der Waals surface area (Å²) in [6.07, 6.45) is 3.42. The maximum atomic E-state index is 12.1. The molecule has 1 aliphatic rings. The summed E-state index contributed by atoms with van der Waals surface area (Å²) in [7, 11) is 0. The predicted octanol–water partition coefficient (Wildman–Crippen LogP) is 2.73. The Morgan fingerprint density at radius 2 is 2.05 bits per heavy atom. The molecule has 0 spiro atoms. The number of carbonyl (C=O) groups excluding carboxylic acids is 1. The number of amides is 1. The van der Waals surface area contributed by atoms with Crippen LogP contribution < -0.4 is 10.6 Å². The van der Waals surface area contributed by atoms with Crippen LogP contribution in [-0.2, 0) is 6.54 Å². The molecule has 2 N–H and O–H groups in total. The van der Waals surface area contributed by atoms with E-state index < -0.39 is 0 Å². The van der Waals surface area contributed by atoms with Gasteiger partial charge in [-0.2, -0.15) is 0 Å². The summed E-state index contributed by atoms with van der Waals surface area (Å²) in [6, 6.07) is 7.36. The lowest BCUT2D eigenvalue weighted by Crippen LogP contribution is -2.27. The number of carbonyl (C=O) groups is 1. The molecule has 1 aromatic carbocycles. The van der Waals surface area contributed by atoms with Crippen LogP contribution in [0.1, 0.15) is 40.7 Å². The first-order valence-corrected chi connectivity index (χ1v) is 7.79. The Kier molecular flexibility index (Phi) is 4.75. The van der Waals surface area contributed by atoms with Gasteiger partial charge < -0.3 is 15.1 Å². The molecule has 0 unspecified atom stereocenters. The topological polar surface area (TPSA) is 67.2 Å². The normalized spacial score (nSPS) is 15.7. The largest absolute Gasteiger partial charge is 0.448 e. The Labute approximate surface area is 134 Å². The molecule has 1 aromatic heterocycles. The Bertz CT molecular complexity index is 633. The van der Waals surface area contributed by atoms with E-state index in [-0.39, 0.29) is 5.91 Å². The quantitative estimate of drug-likeness (QED) is 0.909. The Morgan fingerprint density at radius 1 is 1.32 bits per heavy atom. The van der Waals surface area contributed by atoms with Crippen LogP contribution in [0.4, 0.5) is 0 Å². The second-order valence-electron chi connectivity index (χ2n) is 5.40. The van der Waals surface area contributed by atoms with Crippen molar-refractivity contribution in [2.24, 2.45) is 0 Å². The molecule has 0 bridgehead atoms. The molecule has 1 amide bonds. The third-order valence-electron chi connectivity index (χ3n) is 3.81. The van der Waals surface area contributed by atoms with Crippen molar-refractivity contribution in [2.45, 2.75) is 25.3 Å². The van der Waals surface area contributed by atoms with Gasteiger partial charge in [0.2, 0.25) is 0 Å². The van der Waals surface area contributed by atoms with Crippen molar-refractivity contribution in [2.75, 3.05) is 13.1 Å². The van der Waals surface area contributed by atoms with E-state index in [1.807, 2.05) is 12.1 Å². The number of oxazole rings is 1.